The minimum atomic E-state index is -2.91. The van der Waals surface area contributed by atoms with E-state index in [1.54, 1.807) is 0 Å². The fraction of sp³-hybridized carbons (Fsp3) is 0.750. The van der Waals surface area contributed by atoms with E-state index in [1.807, 2.05) is 0 Å². The SMILES string of the molecule is C(OCC1CO1)C1CO1.FC(F)=C(F)F. The molecule has 0 bridgehead atoms. The van der Waals surface area contributed by atoms with Gasteiger partial charge in [0, 0.05) is 0 Å². The van der Waals surface area contributed by atoms with Gasteiger partial charge in [-0.3, -0.25) is 0 Å². The molecule has 0 aliphatic carbocycles. The maximum absolute atomic E-state index is 10.3. The summed E-state index contributed by atoms with van der Waals surface area (Å²) in [4.78, 5) is 0. The molecule has 2 fully saturated rings. The monoisotopic (exact) mass is 230 g/mol. The highest BCUT2D eigenvalue weighted by molar-refractivity contribution is 4.77. The predicted octanol–water partition coefficient (Wildman–Crippen LogP) is 1.79. The third-order valence-corrected chi connectivity index (χ3v) is 1.56. The Morgan fingerprint density at radius 1 is 0.933 bits per heavy atom. The molecule has 15 heavy (non-hydrogen) atoms. The van der Waals surface area contributed by atoms with E-state index in [0.29, 0.717) is 12.2 Å². The highest BCUT2D eigenvalue weighted by atomic mass is 19.3. The van der Waals surface area contributed by atoms with Crippen molar-refractivity contribution in [2.75, 3.05) is 26.4 Å². The lowest BCUT2D eigenvalue weighted by molar-refractivity contribution is 0.102. The van der Waals surface area contributed by atoms with Crippen LogP contribution in [0.3, 0.4) is 0 Å². The molecule has 0 amide bonds. The number of hydrogen-bond acceptors (Lipinski definition) is 3. The van der Waals surface area contributed by atoms with E-state index in [1.165, 1.54) is 0 Å². The van der Waals surface area contributed by atoms with Crippen LogP contribution in [-0.4, -0.2) is 38.6 Å². The van der Waals surface area contributed by atoms with Crippen LogP contribution in [0.5, 0.6) is 0 Å². The molecule has 0 spiro atoms. The molecule has 0 N–H and O–H groups in total. The van der Waals surface area contributed by atoms with Crippen molar-refractivity contribution in [2.45, 2.75) is 12.2 Å². The Labute approximate surface area is 83.6 Å². The molecule has 0 aromatic heterocycles. The van der Waals surface area contributed by atoms with E-state index >= 15 is 0 Å². The molecule has 2 rings (SSSR count). The molecule has 0 aromatic rings. The van der Waals surface area contributed by atoms with Crippen LogP contribution in [-0.2, 0) is 14.2 Å². The topological polar surface area (TPSA) is 34.3 Å². The molecule has 2 aliphatic heterocycles. The molecule has 2 unspecified atom stereocenters. The van der Waals surface area contributed by atoms with Crippen molar-refractivity contribution >= 4 is 0 Å². The minimum absolute atomic E-state index is 0.392. The third-order valence-electron chi connectivity index (χ3n) is 1.56. The van der Waals surface area contributed by atoms with Gasteiger partial charge in [0.15, 0.2) is 0 Å². The number of rotatable bonds is 4. The average Bonchev–Trinajstić information content (AvgIpc) is 2.99. The van der Waals surface area contributed by atoms with Gasteiger partial charge in [-0.1, -0.05) is 0 Å². The summed E-state index contributed by atoms with van der Waals surface area (Å²) in [7, 11) is 0. The van der Waals surface area contributed by atoms with Crippen LogP contribution in [0.4, 0.5) is 17.6 Å². The van der Waals surface area contributed by atoms with Crippen molar-refractivity contribution < 1.29 is 31.8 Å². The molecule has 3 nitrogen and oxygen atoms in total. The van der Waals surface area contributed by atoms with Crippen LogP contribution in [0, 0.1) is 0 Å². The van der Waals surface area contributed by atoms with Crippen LogP contribution in [0.15, 0.2) is 12.2 Å². The smallest absolute Gasteiger partial charge is 0.334 e. The summed E-state index contributed by atoms with van der Waals surface area (Å²) >= 11 is 0. The first-order valence-corrected chi connectivity index (χ1v) is 4.27. The van der Waals surface area contributed by atoms with Gasteiger partial charge in [0.2, 0.25) is 0 Å². The van der Waals surface area contributed by atoms with Crippen molar-refractivity contribution in [1.82, 2.24) is 0 Å². The van der Waals surface area contributed by atoms with Gasteiger partial charge in [-0.25, -0.2) is 0 Å². The molecule has 2 heterocycles. The molecular weight excluding hydrogens is 220 g/mol. The highest BCUT2D eigenvalue weighted by Gasteiger charge is 2.26. The Bertz CT molecular complexity index is 196. The summed E-state index contributed by atoms with van der Waals surface area (Å²) in [5.74, 6) is 0. The van der Waals surface area contributed by atoms with E-state index in [0.717, 1.165) is 26.4 Å². The fourth-order valence-electron chi connectivity index (χ4n) is 0.659. The summed E-state index contributed by atoms with van der Waals surface area (Å²) in [5, 5.41) is 0. The largest absolute Gasteiger partial charge is 0.376 e. The van der Waals surface area contributed by atoms with Crippen molar-refractivity contribution in [1.29, 1.82) is 0 Å². The van der Waals surface area contributed by atoms with E-state index in [2.05, 4.69) is 0 Å². The molecule has 7 heteroatoms. The molecule has 0 radical (unpaired) electrons. The van der Waals surface area contributed by atoms with E-state index in [4.69, 9.17) is 14.2 Å². The third kappa shape index (κ3) is 7.29. The second kappa shape index (κ2) is 6.04. The fourth-order valence-corrected chi connectivity index (χ4v) is 0.659. The van der Waals surface area contributed by atoms with Crippen molar-refractivity contribution in [2.24, 2.45) is 0 Å². The van der Waals surface area contributed by atoms with Gasteiger partial charge in [-0.05, 0) is 0 Å². The lowest BCUT2D eigenvalue weighted by atomic mass is 10.5. The van der Waals surface area contributed by atoms with Crippen LogP contribution in [0.2, 0.25) is 0 Å². The average molecular weight is 230 g/mol. The molecule has 2 aliphatic rings. The Balaban J connectivity index is 0.000000167. The van der Waals surface area contributed by atoms with Gasteiger partial charge in [0.25, 0.3) is 0 Å². The summed E-state index contributed by atoms with van der Waals surface area (Å²) in [6, 6.07) is 0. The van der Waals surface area contributed by atoms with Crippen LogP contribution in [0.25, 0.3) is 0 Å². The Kier molecular flexibility index (Phi) is 5.00. The first-order chi connectivity index (χ1) is 7.09. The summed E-state index contributed by atoms with van der Waals surface area (Å²) in [5.41, 5.74) is 0. The number of epoxide rings is 2. The standard InChI is InChI=1S/C6H10O3.C2F4/c1(5-3-8-5)7-2-6-4-9-6;3-1(4)2(5)6/h5-6H,1-4H2;. The molecule has 2 atom stereocenters. The number of ether oxygens (including phenoxy) is 3. The van der Waals surface area contributed by atoms with Gasteiger partial charge >= 0.3 is 12.2 Å². The van der Waals surface area contributed by atoms with Gasteiger partial charge in [-0.2, -0.15) is 17.6 Å². The summed E-state index contributed by atoms with van der Waals surface area (Å²) in [6.45, 7) is 3.26. The Morgan fingerprint density at radius 3 is 1.47 bits per heavy atom. The first kappa shape index (κ1) is 12.4. The zero-order chi connectivity index (χ0) is 11.3. The van der Waals surface area contributed by atoms with Gasteiger partial charge < -0.3 is 14.2 Å². The number of halogens is 4. The second-order valence-electron chi connectivity index (χ2n) is 2.97. The maximum atomic E-state index is 10.3. The molecule has 88 valence electrons. The van der Waals surface area contributed by atoms with Crippen molar-refractivity contribution in [3.8, 4) is 0 Å². The van der Waals surface area contributed by atoms with Gasteiger partial charge in [0.05, 0.1) is 26.4 Å². The lowest BCUT2D eigenvalue weighted by Gasteiger charge is -1.95. The maximum Gasteiger partial charge on any atom is 0.334 e. The minimum Gasteiger partial charge on any atom is -0.376 e. The Morgan fingerprint density at radius 2 is 1.27 bits per heavy atom. The summed E-state index contributed by atoms with van der Waals surface area (Å²) < 4.78 is 56.3. The van der Waals surface area contributed by atoms with Crippen LogP contribution in [0.1, 0.15) is 0 Å². The van der Waals surface area contributed by atoms with E-state index in [-0.39, 0.29) is 0 Å². The van der Waals surface area contributed by atoms with Crippen molar-refractivity contribution in [3.05, 3.63) is 12.2 Å². The zero-order valence-electron chi connectivity index (χ0n) is 7.72. The van der Waals surface area contributed by atoms with Crippen LogP contribution < -0.4 is 0 Å². The number of hydrogen-bond donors (Lipinski definition) is 0. The van der Waals surface area contributed by atoms with Crippen LogP contribution >= 0.6 is 0 Å². The Hall–Kier alpha value is -0.660. The zero-order valence-corrected chi connectivity index (χ0v) is 7.72. The van der Waals surface area contributed by atoms with E-state index in [9.17, 15) is 17.6 Å². The second-order valence-corrected chi connectivity index (χ2v) is 2.97. The predicted molar refractivity (Wildman–Crippen MR) is 41.8 cm³/mol. The molecule has 0 saturated carbocycles. The van der Waals surface area contributed by atoms with Gasteiger partial charge in [-0.15, -0.1) is 0 Å². The van der Waals surface area contributed by atoms with Gasteiger partial charge in [0.1, 0.15) is 12.2 Å². The molecule has 2 saturated heterocycles. The quantitative estimate of drug-likeness (QED) is 0.545. The molecular formula is C8H10F4O3. The van der Waals surface area contributed by atoms with E-state index < -0.39 is 12.2 Å². The highest BCUT2D eigenvalue weighted by Crippen LogP contribution is 2.12. The van der Waals surface area contributed by atoms with Crippen molar-refractivity contribution in [3.63, 3.8) is 0 Å². The normalized spacial score (nSPS) is 26.4. The first-order valence-electron chi connectivity index (χ1n) is 4.27. The summed E-state index contributed by atoms with van der Waals surface area (Å²) in [6.07, 6.45) is -5.03. The lowest BCUT2D eigenvalue weighted by Crippen LogP contribution is -2.06. The molecule has 0 aromatic carbocycles.